The first-order valence-electron chi connectivity index (χ1n) is 5.96. The lowest BCUT2D eigenvalue weighted by Crippen LogP contribution is -2.31. The molecule has 102 valence electrons. The monoisotopic (exact) mass is 291 g/mol. The van der Waals surface area contributed by atoms with Gasteiger partial charge in [-0.2, -0.15) is 0 Å². The lowest BCUT2D eigenvalue weighted by Gasteiger charge is -2.20. The first-order valence-corrected chi connectivity index (χ1v) is 7.96. The predicted molar refractivity (Wildman–Crippen MR) is 76.0 cm³/mol. The van der Waals surface area contributed by atoms with Gasteiger partial charge in [0.2, 0.25) is 0 Å². The maximum Gasteiger partial charge on any atom is 0.146 e. The molecule has 0 heterocycles. The normalized spacial score (nSPS) is 16.3. The van der Waals surface area contributed by atoms with Crippen molar-refractivity contribution in [2.45, 2.75) is 31.6 Å². The van der Waals surface area contributed by atoms with Gasteiger partial charge in [0.25, 0.3) is 0 Å². The minimum atomic E-state index is -0.877. The Hall–Kier alpha value is -0.450. The zero-order valence-corrected chi connectivity index (χ0v) is 12.4. The van der Waals surface area contributed by atoms with Crippen LogP contribution in [0.1, 0.15) is 31.9 Å². The number of halogens is 2. The molecule has 0 aliphatic carbocycles. The number of rotatable bonds is 6. The van der Waals surface area contributed by atoms with Crippen LogP contribution < -0.4 is 5.32 Å². The third kappa shape index (κ3) is 4.04. The van der Waals surface area contributed by atoms with Crippen LogP contribution in [0.4, 0.5) is 4.39 Å². The van der Waals surface area contributed by atoms with Crippen molar-refractivity contribution in [2.24, 2.45) is 0 Å². The first kappa shape index (κ1) is 15.6. The van der Waals surface area contributed by atoms with E-state index < -0.39 is 10.8 Å². The Bertz CT molecular complexity index is 427. The summed E-state index contributed by atoms with van der Waals surface area (Å²) in [4.78, 5) is 0. The van der Waals surface area contributed by atoms with Crippen LogP contribution in [0.25, 0.3) is 0 Å². The zero-order chi connectivity index (χ0) is 13.7. The van der Waals surface area contributed by atoms with E-state index in [-0.39, 0.29) is 22.1 Å². The van der Waals surface area contributed by atoms with Crippen molar-refractivity contribution in [3.8, 4) is 0 Å². The van der Waals surface area contributed by atoms with Crippen LogP contribution in [0, 0.1) is 5.82 Å². The largest absolute Gasteiger partial charge is 0.309 e. The molecule has 2 nitrogen and oxygen atoms in total. The molecule has 0 aliphatic rings. The van der Waals surface area contributed by atoms with Crippen molar-refractivity contribution >= 4 is 22.4 Å². The third-order valence-electron chi connectivity index (χ3n) is 2.98. The second-order valence-electron chi connectivity index (χ2n) is 4.32. The molecule has 1 aromatic rings. The van der Waals surface area contributed by atoms with Gasteiger partial charge in [0.1, 0.15) is 5.82 Å². The van der Waals surface area contributed by atoms with E-state index in [0.29, 0.717) is 12.1 Å². The van der Waals surface area contributed by atoms with Gasteiger partial charge in [-0.15, -0.1) is 0 Å². The van der Waals surface area contributed by atoms with E-state index in [9.17, 15) is 8.60 Å². The fourth-order valence-electron chi connectivity index (χ4n) is 1.69. The molecule has 0 aliphatic heterocycles. The maximum atomic E-state index is 13.9. The Balaban J connectivity index is 2.77. The van der Waals surface area contributed by atoms with Gasteiger partial charge < -0.3 is 5.32 Å². The van der Waals surface area contributed by atoms with Crippen molar-refractivity contribution in [2.75, 3.05) is 12.8 Å². The fourth-order valence-corrected chi connectivity index (χ4v) is 2.20. The minimum absolute atomic E-state index is 0.0429. The fraction of sp³-hybridized carbons (Fsp3) is 0.538. The van der Waals surface area contributed by atoms with Crippen molar-refractivity contribution in [3.63, 3.8) is 0 Å². The number of nitrogens with one attached hydrogen (secondary N) is 1. The molecule has 0 saturated heterocycles. The third-order valence-corrected chi connectivity index (χ3v) is 4.58. The second kappa shape index (κ2) is 7.22. The van der Waals surface area contributed by atoms with Crippen LogP contribution >= 0.6 is 11.6 Å². The Morgan fingerprint density at radius 1 is 1.50 bits per heavy atom. The highest BCUT2D eigenvalue weighted by Gasteiger charge is 2.17. The quantitative estimate of drug-likeness (QED) is 0.871. The zero-order valence-electron chi connectivity index (χ0n) is 10.9. The van der Waals surface area contributed by atoms with Gasteiger partial charge >= 0.3 is 0 Å². The molecule has 0 saturated carbocycles. The average Bonchev–Trinajstić information content (AvgIpc) is 2.34. The van der Waals surface area contributed by atoms with Gasteiger partial charge in [0.05, 0.1) is 5.02 Å². The number of benzene rings is 1. The SMILES string of the molecule is CCC(NCC(C)S(C)=O)c1cccc(Cl)c1F. The summed E-state index contributed by atoms with van der Waals surface area (Å²) in [6, 6.07) is 4.91. The second-order valence-corrected chi connectivity index (χ2v) is 6.53. The Morgan fingerprint density at radius 2 is 2.17 bits per heavy atom. The molecule has 18 heavy (non-hydrogen) atoms. The highest BCUT2D eigenvalue weighted by Crippen LogP contribution is 2.25. The van der Waals surface area contributed by atoms with Crippen LogP contribution in [0.15, 0.2) is 18.2 Å². The van der Waals surface area contributed by atoms with Gasteiger partial charge in [0, 0.05) is 40.5 Å². The van der Waals surface area contributed by atoms with Crippen molar-refractivity contribution in [1.29, 1.82) is 0 Å². The first-order chi connectivity index (χ1) is 8.47. The molecule has 1 N–H and O–H groups in total. The van der Waals surface area contributed by atoms with E-state index in [1.807, 2.05) is 13.8 Å². The van der Waals surface area contributed by atoms with E-state index in [2.05, 4.69) is 5.32 Å². The van der Waals surface area contributed by atoms with Crippen LogP contribution in [0.5, 0.6) is 0 Å². The van der Waals surface area contributed by atoms with Gasteiger partial charge in [-0.25, -0.2) is 4.39 Å². The molecule has 0 fully saturated rings. The van der Waals surface area contributed by atoms with Gasteiger partial charge in [-0.05, 0) is 19.4 Å². The Kier molecular flexibility index (Phi) is 6.26. The number of hydrogen-bond acceptors (Lipinski definition) is 2. The molecule has 3 unspecified atom stereocenters. The van der Waals surface area contributed by atoms with Crippen LogP contribution in [0.3, 0.4) is 0 Å². The molecule has 0 spiro atoms. The molecule has 0 radical (unpaired) electrons. The Morgan fingerprint density at radius 3 is 2.72 bits per heavy atom. The molecule has 1 rings (SSSR count). The smallest absolute Gasteiger partial charge is 0.146 e. The summed E-state index contributed by atoms with van der Waals surface area (Å²) in [5.41, 5.74) is 0.569. The standard InChI is InChI=1S/C13H19ClFNOS/c1-4-12(16-8-9(2)18(3)17)10-6-5-7-11(14)13(10)15/h5-7,9,12,16H,4,8H2,1-3H3. The average molecular weight is 292 g/mol. The molecule has 0 amide bonds. The van der Waals surface area contributed by atoms with E-state index in [1.165, 1.54) is 6.07 Å². The van der Waals surface area contributed by atoms with E-state index in [0.717, 1.165) is 6.42 Å². The number of hydrogen-bond donors (Lipinski definition) is 1. The summed E-state index contributed by atoms with van der Waals surface area (Å²) in [6.07, 6.45) is 2.42. The van der Waals surface area contributed by atoms with Crippen LogP contribution in [-0.4, -0.2) is 22.3 Å². The predicted octanol–water partition coefficient (Wildman–Crippen LogP) is 3.29. The van der Waals surface area contributed by atoms with Crippen LogP contribution in [0.2, 0.25) is 5.02 Å². The summed E-state index contributed by atoms with van der Waals surface area (Å²) in [6.45, 7) is 4.48. The molecule has 5 heteroatoms. The van der Waals surface area contributed by atoms with Crippen molar-refractivity contribution < 1.29 is 8.60 Å². The Labute approximate surface area is 115 Å². The molecular formula is C13H19ClFNOS. The molecule has 1 aromatic carbocycles. The van der Waals surface area contributed by atoms with Crippen molar-refractivity contribution in [1.82, 2.24) is 5.32 Å². The lowest BCUT2D eigenvalue weighted by atomic mass is 10.0. The minimum Gasteiger partial charge on any atom is -0.309 e. The highest BCUT2D eigenvalue weighted by atomic mass is 35.5. The van der Waals surface area contributed by atoms with Crippen molar-refractivity contribution in [3.05, 3.63) is 34.6 Å². The van der Waals surface area contributed by atoms with Gasteiger partial charge in [-0.3, -0.25) is 4.21 Å². The summed E-state index contributed by atoms with van der Waals surface area (Å²) >= 11 is 5.78. The summed E-state index contributed by atoms with van der Waals surface area (Å²) < 4.78 is 25.2. The topological polar surface area (TPSA) is 29.1 Å². The van der Waals surface area contributed by atoms with E-state index in [1.54, 1.807) is 18.4 Å². The summed E-state index contributed by atoms with van der Waals surface area (Å²) in [7, 11) is -0.877. The maximum absolute atomic E-state index is 13.9. The molecule has 0 aromatic heterocycles. The highest BCUT2D eigenvalue weighted by molar-refractivity contribution is 7.84. The molecular weight excluding hydrogens is 273 g/mol. The van der Waals surface area contributed by atoms with Crippen LogP contribution in [-0.2, 0) is 10.8 Å². The summed E-state index contributed by atoms with van der Waals surface area (Å²) in [5.74, 6) is -0.371. The molecule has 0 bridgehead atoms. The van der Waals surface area contributed by atoms with E-state index >= 15 is 0 Å². The summed E-state index contributed by atoms with van der Waals surface area (Å²) in [5, 5.41) is 3.42. The van der Waals surface area contributed by atoms with Gasteiger partial charge in [0.15, 0.2) is 0 Å². The lowest BCUT2D eigenvalue weighted by molar-refractivity contribution is 0.489. The molecule has 3 atom stereocenters. The van der Waals surface area contributed by atoms with Gasteiger partial charge in [-0.1, -0.05) is 30.7 Å². The van der Waals surface area contributed by atoms with E-state index in [4.69, 9.17) is 11.6 Å².